The van der Waals surface area contributed by atoms with E-state index in [1.54, 1.807) is 18.4 Å². The van der Waals surface area contributed by atoms with Crippen molar-refractivity contribution < 1.29 is 4.55 Å². The molecule has 1 unspecified atom stereocenters. The highest BCUT2D eigenvalue weighted by atomic mass is 35.5. The zero-order valence-electron chi connectivity index (χ0n) is 9.77. The van der Waals surface area contributed by atoms with Gasteiger partial charge in [-0.15, -0.1) is 0 Å². The number of hydrogen-bond acceptors (Lipinski definition) is 1. The largest absolute Gasteiger partial charge is 0.612 e. The Kier molecular flexibility index (Phi) is 4.23. The van der Waals surface area contributed by atoms with Crippen LogP contribution >= 0.6 is 23.2 Å². The molecule has 0 aliphatic carbocycles. The van der Waals surface area contributed by atoms with Crippen molar-refractivity contribution in [1.82, 2.24) is 0 Å². The lowest BCUT2D eigenvalue weighted by atomic mass is 10.0. The molecule has 0 amide bonds. The molecule has 0 aliphatic rings. The van der Waals surface area contributed by atoms with Gasteiger partial charge < -0.3 is 4.55 Å². The van der Waals surface area contributed by atoms with Crippen LogP contribution in [0.4, 0.5) is 0 Å². The van der Waals surface area contributed by atoms with Crippen molar-refractivity contribution in [3.05, 3.63) is 65.7 Å². The standard InChI is InChI=1S/C14H12Cl2OS/c1-18(17)13-9-7-12(8-10-13)14(15,16)11-5-3-2-4-6-11/h2-10H,1H3. The summed E-state index contributed by atoms with van der Waals surface area (Å²) >= 11 is 11.8. The molecule has 2 aromatic rings. The second-order valence-corrected chi connectivity index (χ2v) is 6.63. The molecule has 0 fully saturated rings. The lowest BCUT2D eigenvalue weighted by Crippen LogP contribution is -2.12. The van der Waals surface area contributed by atoms with Crippen molar-refractivity contribution in [2.24, 2.45) is 0 Å². The Morgan fingerprint density at radius 1 is 0.889 bits per heavy atom. The summed E-state index contributed by atoms with van der Waals surface area (Å²) in [5.74, 6) is 0. The van der Waals surface area contributed by atoms with Gasteiger partial charge in [-0.2, -0.15) is 0 Å². The summed E-state index contributed by atoms with van der Waals surface area (Å²) in [4.78, 5) is 0.760. The lowest BCUT2D eigenvalue weighted by Gasteiger charge is -2.20. The molecule has 0 spiro atoms. The van der Waals surface area contributed by atoms with Crippen LogP contribution in [0.2, 0.25) is 0 Å². The van der Waals surface area contributed by atoms with Gasteiger partial charge in [0.25, 0.3) is 0 Å². The molecule has 0 bridgehead atoms. The van der Waals surface area contributed by atoms with E-state index in [4.69, 9.17) is 23.2 Å². The van der Waals surface area contributed by atoms with Crippen molar-refractivity contribution in [3.8, 4) is 0 Å². The molecular weight excluding hydrogens is 287 g/mol. The number of benzene rings is 2. The van der Waals surface area contributed by atoms with Gasteiger partial charge in [-0.05, 0) is 34.4 Å². The van der Waals surface area contributed by atoms with Crippen LogP contribution in [0.3, 0.4) is 0 Å². The second kappa shape index (κ2) is 5.54. The molecule has 0 N–H and O–H groups in total. The summed E-state index contributed by atoms with van der Waals surface area (Å²) in [7, 11) is 0. The highest BCUT2D eigenvalue weighted by molar-refractivity contribution is 7.90. The molecule has 2 rings (SSSR count). The average molecular weight is 299 g/mol. The first kappa shape index (κ1) is 13.8. The van der Waals surface area contributed by atoms with Gasteiger partial charge in [0.15, 0.2) is 9.23 Å². The first-order valence-electron chi connectivity index (χ1n) is 5.39. The van der Waals surface area contributed by atoms with Crippen molar-refractivity contribution in [2.45, 2.75) is 9.23 Å². The Bertz CT molecular complexity index is 509. The summed E-state index contributed by atoms with van der Waals surface area (Å²) < 4.78 is 10.2. The van der Waals surface area contributed by atoms with Crippen molar-refractivity contribution in [1.29, 1.82) is 0 Å². The number of alkyl halides is 2. The van der Waals surface area contributed by atoms with Gasteiger partial charge in [0.05, 0.1) is 0 Å². The molecule has 0 saturated heterocycles. The van der Waals surface area contributed by atoms with Gasteiger partial charge in [-0.1, -0.05) is 65.7 Å². The fraction of sp³-hybridized carbons (Fsp3) is 0.143. The van der Waals surface area contributed by atoms with Crippen molar-refractivity contribution in [2.75, 3.05) is 6.26 Å². The third-order valence-electron chi connectivity index (χ3n) is 2.69. The van der Waals surface area contributed by atoms with Crippen LogP contribution in [0, 0.1) is 0 Å². The van der Waals surface area contributed by atoms with Crippen LogP contribution in [0.5, 0.6) is 0 Å². The molecule has 1 atom stereocenters. The monoisotopic (exact) mass is 298 g/mol. The Morgan fingerprint density at radius 3 is 1.89 bits per heavy atom. The number of hydrogen-bond donors (Lipinski definition) is 0. The van der Waals surface area contributed by atoms with E-state index in [9.17, 15) is 4.55 Å². The highest BCUT2D eigenvalue weighted by Gasteiger charge is 2.28. The first-order chi connectivity index (χ1) is 8.51. The molecule has 1 nitrogen and oxygen atoms in total. The topological polar surface area (TPSA) is 23.1 Å². The summed E-state index contributed by atoms with van der Waals surface area (Å²) in [5.41, 5.74) is 1.59. The minimum absolute atomic E-state index is 0.760. The molecule has 94 valence electrons. The van der Waals surface area contributed by atoms with Crippen LogP contribution in [0.15, 0.2) is 59.5 Å². The summed E-state index contributed by atoms with van der Waals surface area (Å²) in [6, 6.07) is 16.7. The Morgan fingerprint density at radius 2 is 1.39 bits per heavy atom. The summed E-state index contributed by atoms with van der Waals surface area (Å²) in [5, 5.41) is 0. The fourth-order valence-corrected chi connectivity index (χ4v) is 2.69. The number of halogens is 2. The van der Waals surface area contributed by atoms with Crippen LogP contribution < -0.4 is 0 Å². The molecule has 0 radical (unpaired) electrons. The SMILES string of the molecule is C[S+]([O-])c1ccc(C(Cl)(Cl)c2ccccc2)cc1. The molecular formula is C14H12Cl2OS. The maximum atomic E-state index is 11.3. The predicted molar refractivity (Wildman–Crippen MR) is 77.7 cm³/mol. The van der Waals surface area contributed by atoms with E-state index in [0.717, 1.165) is 16.0 Å². The van der Waals surface area contributed by atoms with Gasteiger partial charge in [0, 0.05) is 0 Å². The van der Waals surface area contributed by atoms with E-state index in [0.29, 0.717) is 0 Å². The molecule has 4 heteroatoms. The van der Waals surface area contributed by atoms with E-state index in [1.165, 1.54) is 0 Å². The zero-order chi connectivity index (χ0) is 13.2. The van der Waals surface area contributed by atoms with Gasteiger partial charge >= 0.3 is 0 Å². The van der Waals surface area contributed by atoms with Crippen LogP contribution in [-0.4, -0.2) is 10.8 Å². The third-order valence-corrected chi connectivity index (χ3v) is 4.49. The Hall–Kier alpha value is -0.670. The third kappa shape index (κ3) is 2.83. The van der Waals surface area contributed by atoms with Crippen LogP contribution in [0.25, 0.3) is 0 Å². The highest BCUT2D eigenvalue weighted by Crippen LogP contribution is 2.40. The smallest absolute Gasteiger partial charge is 0.168 e. The van der Waals surface area contributed by atoms with Gasteiger partial charge in [0.1, 0.15) is 6.26 Å². The molecule has 2 aromatic carbocycles. The van der Waals surface area contributed by atoms with E-state index < -0.39 is 15.5 Å². The molecule has 0 saturated carbocycles. The van der Waals surface area contributed by atoms with Gasteiger partial charge in [-0.3, -0.25) is 0 Å². The molecule has 0 aliphatic heterocycles. The quantitative estimate of drug-likeness (QED) is 0.618. The molecule has 0 heterocycles. The fourth-order valence-electron chi connectivity index (χ4n) is 1.67. The zero-order valence-corrected chi connectivity index (χ0v) is 12.1. The first-order valence-corrected chi connectivity index (χ1v) is 7.70. The van der Waals surface area contributed by atoms with Crippen molar-refractivity contribution in [3.63, 3.8) is 0 Å². The van der Waals surface area contributed by atoms with Gasteiger partial charge in [-0.25, -0.2) is 0 Å². The minimum atomic E-state index is -1.09. The molecule has 0 aromatic heterocycles. The van der Waals surface area contributed by atoms with E-state index in [2.05, 4.69) is 0 Å². The second-order valence-electron chi connectivity index (χ2n) is 3.92. The summed E-state index contributed by atoms with van der Waals surface area (Å²) in [6.07, 6.45) is 1.64. The maximum absolute atomic E-state index is 11.3. The Labute approximate surface area is 120 Å². The van der Waals surface area contributed by atoms with Gasteiger partial charge in [0.2, 0.25) is 0 Å². The molecule has 18 heavy (non-hydrogen) atoms. The summed E-state index contributed by atoms with van der Waals surface area (Å²) in [6.45, 7) is 0. The Balaban J connectivity index is 2.36. The number of rotatable bonds is 3. The minimum Gasteiger partial charge on any atom is -0.612 e. The van der Waals surface area contributed by atoms with Crippen LogP contribution in [-0.2, 0) is 15.5 Å². The normalized spacial score (nSPS) is 13.3. The van der Waals surface area contributed by atoms with Crippen molar-refractivity contribution >= 4 is 34.4 Å². The maximum Gasteiger partial charge on any atom is 0.168 e. The van der Waals surface area contributed by atoms with E-state index in [-0.39, 0.29) is 0 Å². The van der Waals surface area contributed by atoms with Crippen LogP contribution in [0.1, 0.15) is 11.1 Å². The average Bonchev–Trinajstić information content (AvgIpc) is 2.40. The lowest BCUT2D eigenvalue weighted by molar-refractivity contribution is 0.601. The van der Waals surface area contributed by atoms with E-state index >= 15 is 0 Å². The van der Waals surface area contributed by atoms with E-state index in [1.807, 2.05) is 42.5 Å². The predicted octanol–water partition coefficient (Wildman–Crippen LogP) is 4.10.